The summed E-state index contributed by atoms with van der Waals surface area (Å²) in [4.78, 5) is 8.57. The zero-order valence-corrected chi connectivity index (χ0v) is 10.6. The molecular formula is C8H6ClF5OS2. The van der Waals surface area contributed by atoms with Crippen LogP contribution >= 0.6 is 33.6 Å². The Hall–Kier alpha value is -0.470. The molecule has 0 aromatic heterocycles. The number of thioether (sulfide) groups is 1. The van der Waals surface area contributed by atoms with Crippen molar-refractivity contribution in [3.63, 3.8) is 0 Å². The highest BCUT2D eigenvalue weighted by molar-refractivity contribution is 8.45. The molecule has 0 fully saturated rings. The summed E-state index contributed by atoms with van der Waals surface area (Å²) in [5.74, 6) is 0. The fourth-order valence-corrected chi connectivity index (χ4v) is 2.66. The molecule has 0 radical (unpaired) electrons. The molecule has 0 saturated heterocycles. The second-order valence-electron chi connectivity index (χ2n) is 3.10. The molecule has 0 unspecified atom stereocenters. The summed E-state index contributed by atoms with van der Waals surface area (Å²) in [5.41, 5.74) is -0.232. The van der Waals surface area contributed by atoms with Gasteiger partial charge in [0.2, 0.25) is 0 Å². The van der Waals surface area contributed by atoms with Gasteiger partial charge in [-0.1, -0.05) is 19.4 Å². The number of carbonyl (C=O) groups is 1. The summed E-state index contributed by atoms with van der Waals surface area (Å²) >= 11 is 5.84. The molecule has 1 aromatic rings. The first kappa shape index (κ1) is 14.6. The third-order valence-electron chi connectivity index (χ3n) is 1.83. The second kappa shape index (κ2) is 3.52. The Bertz CT molecular complexity index is 484. The standard InChI is InChI=1S/C8H6ClF5OS2/c1-16-7-4-5(17(10,11,12,13)14)2-3-6(7)8(9)15/h2-4H,1H3. The number of hydrogen-bond donors (Lipinski definition) is 0. The SMILES string of the molecule is CSc1cc(S(F)(F)(F)(F)F)ccc1C(=O)Cl. The van der Waals surface area contributed by atoms with E-state index in [9.17, 15) is 24.2 Å². The molecule has 0 heterocycles. The van der Waals surface area contributed by atoms with E-state index in [2.05, 4.69) is 0 Å². The number of benzene rings is 1. The Kier molecular flexibility index (Phi) is 3.02. The molecular weight excluding hydrogens is 307 g/mol. The van der Waals surface area contributed by atoms with E-state index in [1.54, 1.807) is 0 Å². The second-order valence-corrected chi connectivity index (χ2v) is 6.71. The van der Waals surface area contributed by atoms with Gasteiger partial charge in [-0.3, -0.25) is 4.79 Å². The topological polar surface area (TPSA) is 17.1 Å². The van der Waals surface area contributed by atoms with Crippen molar-refractivity contribution in [2.75, 3.05) is 6.26 Å². The van der Waals surface area contributed by atoms with E-state index in [0.29, 0.717) is 6.07 Å². The van der Waals surface area contributed by atoms with Gasteiger partial charge in [-0.15, -0.1) is 11.8 Å². The van der Waals surface area contributed by atoms with Crippen molar-refractivity contribution in [2.45, 2.75) is 9.79 Å². The van der Waals surface area contributed by atoms with Gasteiger partial charge in [0.1, 0.15) is 4.90 Å². The van der Waals surface area contributed by atoms with Crippen LogP contribution in [0.15, 0.2) is 28.0 Å². The highest BCUT2D eigenvalue weighted by Crippen LogP contribution is 3.02. The van der Waals surface area contributed by atoms with Crippen molar-refractivity contribution in [3.8, 4) is 0 Å². The third-order valence-corrected chi connectivity index (χ3v) is 3.96. The van der Waals surface area contributed by atoms with E-state index < -0.39 is 20.4 Å². The van der Waals surface area contributed by atoms with Crippen LogP contribution in [-0.2, 0) is 0 Å². The van der Waals surface area contributed by atoms with Crippen molar-refractivity contribution in [1.82, 2.24) is 0 Å². The number of hydrogen-bond acceptors (Lipinski definition) is 2. The molecule has 0 saturated carbocycles. The molecule has 1 aromatic carbocycles. The van der Waals surface area contributed by atoms with E-state index in [1.165, 1.54) is 6.26 Å². The Morgan fingerprint density at radius 3 is 2.12 bits per heavy atom. The first-order chi connectivity index (χ1) is 7.35. The summed E-state index contributed by atoms with van der Waals surface area (Å²) in [6, 6.07) is 1.05. The van der Waals surface area contributed by atoms with E-state index in [0.717, 1.165) is 11.8 Å². The van der Waals surface area contributed by atoms with Gasteiger partial charge in [0, 0.05) is 10.5 Å². The maximum absolute atomic E-state index is 12.5. The lowest BCUT2D eigenvalue weighted by atomic mass is 10.2. The van der Waals surface area contributed by atoms with Gasteiger partial charge in [0.25, 0.3) is 5.24 Å². The van der Waals surface area contributed by atoms with Crippen molar-refractivity contribution in [2.24, 2.45) is 0 Å². The predicted molar refractivity (Wildman–Crippen MR) is 59.8 cm³/mol. The molecule has 0 aliphatic rings. The smallest absolute Gasteiger partial charge is 0.276 e. The maximum Gasteiger partial charge on any atom is 0.310 e. The molecule has 0 aliphatic heterocycles. The molecule has 1 rings (SSSR count). The highest BCUT2D eigenvalue weighted by atomic mass is 35.5. The highest BCUT2D eigenvalue weighted by Gasteiger charge is 2.65. The van der Waals surface area contributed by atoms with Crippen molar-refractivity contribution in [1.29, 1.82) is 0 Å². The molecule has 9 heteroatoms. The Morgan fingerprint density at radius 2 is 1.76 bits per heavy atom. The van der Waals surface area contributed by atoms with Crippen molar-refractivity contribution in [3.05, 3.63) is 23.8 Å². The largest absolute Gasteiger partial charge is 0.310 e. The molecule has 0 aliphatic carbocycles. The average Bonchev–Trinajstić information content (AvgIpc) is 2.13. The minimum absolute atomic E-state index is 0.164. The van der Waals surface area contributed by atoms with Crippen LogP contribution in [0.25, 0.3) is 0 Å². The van der Waals surface area contributed by atoms with Crippen LogP contribution in [0.2, 0.25) is 0 Å². The Balaban J connectivity index is 3.50. The average molecular weight is 313 g/mol. The number of rotatable bonds is 3. The summed E-state index contributed by atoms with van der Waals surface area (Å²) in [6.07, 6.45) is 1.36. The summed E-state index contributed by atoms with van der Waals surface area (Å²) in [6.45, 7) is 0. The van der Waals surface area contributed by atoms with Gasteiger partial charge < -0.3 is 0 Å². The number of carbonyl (C=O) groups excluding carboxylic acids is 1. The molecule has 98 valence electrons. The van der Waals surface area contributed by atoms with Gasteiger partial charge >= 0.3 is 10.2 Å². The first-order valence-electron chi connectivity index (χ1n) is 3.97. The fraction of sp³-hybridized carbons (Fsp3) is 0.125. The summed E-state index contributed by atoms with van der Waals surface area (Å²) in [7, 11) is -9.71. The monoisotopic (exact) mass is 312 g/mol. The van der Waals surface area contributed by atoms with Gasteiger partial charge in [-0.05, 0) is 36.1 Å². The normalized spacial score (nSPS) is 16.2. The Morgan fingerprint density at radius 1 is 1.24 bits per heavy atom. The van der Waals surface area contributed by atoms with E-state index in [1.807, 2.05) is 0 Å². The summed E-state index contributed by atoms with van der Waals surface area (Å²) < 4.78 is 62.3. The molecule has 1 nitrogen and oxygen atoms in total. The van der Waals surface area contributed by atoms with Gasteiger partial charge in [-0.2, -0.15) is 0 Å². The minimum atomic E-state index is -9.71. The van der Waals surface area contributed by atoms with Crippen molar-refractivity contribution >= 4 is 38.8 Å². The van der Waals surface area contributed by atoms with Crippen LogP contribution in [0.4, 0.5) is 19.4 Å². The summed E-state index contributed by atoms with van der Waals surface area (Å²) in [5, 5.41) is -0.997. The van der Waals surface area contributed by atoms with Gasteiger partial charge in [0.05, 0.1) is 0 Å². The third kappa shape index (κ3) is 3.49. The van der Waals surface area contributed by atoms with E-state index in [-0.39, 0.29) is 22.6 Å². The van der Waals surface area contributed by atoms with Gasteiger partial charge in [0.15, 0.2) is 0 Å². The molecule has 0 atom stereocenters. The molecule has 17 heavy (non-hydrogen) atoms. The van der Waals surface area contributed by atoms with Crippen LogP contribution in [0.3, 0.4) is 0 Å². The lowest BCUT2D eigenvalue weighted by Crippen LogP contribution is -2.07. The van der Waals surface area contributed by atoms with Crippen LogP contribution < -0.4 is 0 Å². The maximum atomic E-state index is 12.5. The van der Waals surface area contributed by atoms with E-state index in [4.69, 9.17) is 11.6 Å². The van der Waals surface area contributed by atoms with Crippen LogP contribution in [0.5, 0.6) is 0 Å². The van der Waals surface area contributed by atoms with Gasteiger partial charge in [-0.25, -0.2) is 0 Å². The zero-order valence-electron chi connectivity index (χ0n) is 8.22. The minimum Gasteiger partial charge on any atom is -0.276 e. The van der Waals surface area contributed by atoms with Crippen LogP contribution in [0, 0.1) is 0 Å². The molecule has 0 amide bonds. The van der Waals surface area contributed by atoms with Crippen LogP contribution in [-0.4, -0.2) is 11.5 Å². The first-order valence-corrected chi connectivity index (χ1v) is 7.52. The fourth-order valence-electron chi connectivity index (χ4n) is 1.07. The van der Waals surface area contributed by atoms with E-state index >= 15 is 0 Å². The van der Waals surface area contributed by atoms with Crippen LogP contribution in [0.1, 0.15) is 10.4 Å². The predicted octanol–water partition coefficient (Wildman–Crippen LogP) is 5.44. The lowest BCUT2D eigenvalue weighted by Gasteiger charge is -2.40. The molecule has 0 spiro atoms. The lowest BCUT2D eigenvalue weighted by molar-refractivity contribution is 0.107. The molecule has 0 N–H and O–H groups in total. The quantitative estimate of drug-likeness (QED) is 0.419. The molecule has 0 bridgehead atoms. The van der Waals surface area contributed by atoms with Crippen molar-refractivity contribution < 1.29 is 24.2 Å². The zero-order chi connectivity index (χ0) is 13.5. The Labute approximate surface area is 103 Å². The number of halogens is 6.